The summed E-state index contributed by atoms with van der Waals surface area (Å²) in [6.45, 7) is 0.477. The second-order valence-corrected chi connectivity index (χ2v) is 10.8. The van der Waals surface area contributed by atoms with Crippen molar-refractivity contribution in [3.63, 3.8) is 0 Å². The first-order valence-electron chi connectivity index (χ1n) is 9.30. The van der Waals surface area contributed by atoms with E-state index < -0.39 is 28.0 Å². The van der Waals surface area contributed by atoms with Gasteiger partial charge in [-0.1, -0.05) is 0 Å². The third-order valence-corrected chi connectivity index (χ3v) is 8.74. The standard InChI is InChI=1S/C19H17N3O7S3.Na.H/c23-14(7-13-3-6-30-19(13)32(27,28)29)20-15-16(24)22-9-11(10-31-17(15)22)8-21-4-1-12(2-5-21)18(25)26;;/h1-6,9,15,17H,7-8,10H2,(H2-,20,23,25,26,27,28,29);;/q;+1;-1/t15?,17-;;/m1../s1. The van der Waals surface area contributed by atoms with E-state index in [4.69, 9.17) is 0 Å². The molecule has 0 spiro atoms. The first-order chi connectivity index (χ1) is 15.1. The summed E-state index contributed by atoms with van der Waals surface area (Å²) in [7, 11) is -4.41. The monoisotopic (exact) mass is 519 g/mol. The van der Waals surface area contributed by atoms with E-state index in [1.54, 1.807) is 28.1 Å². The van der Waals surface area contributed by atoms with Gasteiger partial charge >= 0.3 is 39.7 Å². The predicted molar refractivity (Wildman–Crippen MR) is 113 cm³/mol. The molecule has 2 aromatic rings. The van der Waals surface area contributed by atoms with Gasteiger partial charge < -0.3 is 21.5 Å². The molecule has 2 aliphatic heterocycles. The molecule has 14 heteroatoms. The van der Waals surface area contributed by atoms with Gasteiger partial charge in [-0.05, 0) is 17.0 Å². The van der Waals surface area contributed by atoms with Gasteiger partial charge in [-0.15, -0.1) is 23.1 Å². The molecule has 1 fully saturated rings. The average molecular weight is 520 g/mol. The summed E-state index contributed by atoms with van der Waals surface area (Å²) >= 11 is 2.31. The molecule has 0 bridgehead atoms. The number of carboxylic acids is 1. The van der Waals surface area contributed by atoms with E-state index in [0.717, 1.165) is 16.9 Å². The Morgan fingerprint density at radius 3 is 2.64 bits per heavy atom. The minimum Gasteiger partial charge on any atom is -1.00 e. The Kier molecular flexibility index (Phi) is 8.04. The van der Waals surface area contributed by atoms with E-state index in [-0.39, 0.29) is 64.0 Å². The second kappa shape index (κ2) is 10.3. The van der Waals surface area contributed by atoms with Crippen molar-refractivity contribution in [2.45, 2.75) is 28.6 Å². The van der Waals surface area contributed by atoms with E-state index in [1.165, 1.54) is 35.3 Å². The second-order valence-electron chi connectivity index (χ2n) is 7.21. The molecule has 2 atom stereocenters. The minimum atomic E-state index is -4.41. The molecule has 1 unspecified atom stereocenters. The molecule has 170 valence electrons. The molecule has 4 rings (SSSR count). The van der Waals surface area contributed by atoms with Gasteiger partial charge in [-0.2, -0.15) is 8.42 Å². The molecule has 2 N–H and O–H groups in total. The van der Waals surface area contributed by atoms with Crippen molar-refractivity contribution in [1.29, 1.82) is 0 Å². The Balaban J connectivity index is 0.00000204. The molecule has 2 amide bonds. The van der Waals surface area contributed by atoms with Crippen LogP contribution in [0, 0.1) is 0 Å². The molecule has 10 nitrogen and oxygen atoms in total. The Morgan fingerprint density at radius 1 is 1.30 bits per heavy atom. The fraction of sp³-hybridized carbons (Fsp3) is 0.263. The van der Waals surface area contributed by atoms with Crippen LogP contribution in [0.1, 0.15) is 17.3 Å². The number of pyridine rings is 1. The van der Waals surface area contributed by atoms with Crippen molar-refractivity contribution in [3.05, 3.63) is 58.9 Å². The molecule has 4 heterocycles. The van der Waals surface area contributed by atoms with Gasteiger partial charge in [0.15, 0.2) is 23.1 Å². The molecule has 2 aromatic heterocycles. The molecular weight excluding hydrogens is 501 g/mol. The van der Waals surface area contributed by atoms with Crippen molar-refractivity contribution in [2.24, 2.45) is 0 Å². The number of carbonyl (C=O) groups excluding carboxylic acids is 3. The Labute approximate surface area is 221 Å². The number of hydrogen-bond donors (Lipinski definition) is 2. The van der Waals surface area contributed by atoms with Gasteiger partial charge in [0, 0.05) is 35.2 Å². The van der Waals surface area contributed by atoms with Crippen LogP contribution in [0.3, 0.4) is 0 Å². The van der Waals surface area contributed by atoms with Gasteiger partial charge in [0.2, 0.25) is 5.91 Å². The number of hydrogen-bond acceptors (Lipinski definition) is 8. The molecule has 2 aliphatic rings. The summed E-state index contributed by atoms with van der Waals surface area (Å²) < 4.78 is 33.5. The van der Waals surface area contributed by atoms with Crippen LogP contribution in [-0.4, -0.2) is 52.8 Å². The van der Waals surface area contributed by atoms with Crippen LogP contribution in [0.25, 0.3) is 0 Å². The van der Waals surface area contributed by atoms with Crippen molar-refractivity contribution < 1.29 is 68.0 Å². The zero-order chi connectivity index (χ0) is 23.0. The number of aromatic nitrogens is 1. The molecule has 0 aliphatic carbocycles. The molecule has 1 saturated heterocycles. The smallest absolute Gasteiger partial charge is 1.00 e. The zero-order valence-corrected chi connectivity index (χ0v) is 21.8. The summed E-state index contributed by atoms with van der Waals surface area (Å²) in [5.41, 5.74) is 1.21. The Hall–Kier alpha value is -1.74. The van der Waals surface area contributed by atoms with E-state index in [9.17, 15) is 32.5 Å². The van der Waals surface area contributed by atoms with Crippen molar-refractivity contribution in [1.82, 2.24) is 10.2 Å². The third kappa shape index (κ3) is 5.67. The SMILES string of the molecule is O=C(Cc1ccsc1S(=O)(=O)O)NC1C(=O)N2C=C(C[n+]3ccc(C(=O)[O-])cc3)CS[C@H]12.[H-].[Na+]. The number of thiophene rings is 1. The van der Waals surface area contributed by atoms with Crippen LogP contribution in [0.4, 0.5) is 0 Å². The number of carbonyl (C=O) groups is 3. The van der Waals surface area contributed by atoms with Gasteiger partial charge in [-0.25, -0.2) is 4.57 Å². The maximum Gasteiger partial charge on any atom is 1.00 e. The molecule has 0 saturated carbocycles. The largest absolute Gasteiger partial charge is 1.00 e. The van der Waals surface area contributed by atoms with Gasteiger partial charge in [0.25, 0.3) is 5.91 Å². The molecular formula is C19H18N3NaO7S3. The first-order valence-corrected chi connectivity index (χ1v) is 12.7. The molecule has 0 aromatic carbocycles. The minimum absolute atomic E-state index is 0. The topological polar surface area (TPSA) is 148 Å². The zero-order valence-electron chi connectivity index (χ0n) is 18.3. The van der Waals surface area contributed by atoms with Gasteiger partial charge in [-0.3, -0.25) is 14.1 Å². The number of amides is 2. The van der Waals surface area contributed by atoms with E-state index in [1.807, 2.05) is 0 Å². The number of thioether (sulfide) groups is 1. The Morgan fingerprint density at radius 2 is 2.00 bits per heavy atom. The predicted octanol–water partition coefficient (Wildman–Crippen LogP) is -3.71. The third-order valence-electron chi connectivity index (χ3n) is 4.96. The number of β-lactam (4-membered cyclic amide) rings is 1. The summed E-state index contributed by atoms with van der Waals surface area (Å²) in [5.74, 6) is -1.41. The number of carboxylic acid groups (broad SMARTS) is 1. The first kappa shape index (κ1) is 25.9. The molecule has 33 heavy (non-hydrogen) atoms. The van der Waals surface area contributed by atoms with Gasteiger partial charge in [0.05, 0.1) is 12.4 Å². The van der Waals surface area contributed by atoms with Crippen LogP contribution >= 0.6 is 23.1 Å². The van der Waals surface area contributed by atoms with Gasteiger partial charge in [0.1, 0.15) is 11.4 Å². The fourth-order valence-electron chi connectivity index (χ4n) is 3.46. The van der Waals surface area contributed by atoms with E-state index >= 15 is 0 Å². The number of nitrogens with zero attached hydrogens (tertiary/aromatic N) is 2. The van der Waals surface area contributed by atoms with Crippen molar-refractivity contribution >= 4 is 51.0 Å². The Bertz CT molecular complexity index is 1230. The summed E-state index contributed by atoms with van der Waals surface area (Å²) in [6.07, 6.45) is 4.71. The average Bonchev–Trinajstić information content (AvgIpc) is 3.21. The quantitative estimate of drug-likeness (QED) is 0.164. The van der Waals surface area contributed by atoms with Crippen LogP contribution in [0.15, 0.2) is 52.0 Å². The van der Waals surface area contributed by atoms with Crippen LogP contribution in [-0.2, 0) is 32.7 Å². The maximum atomic E-state index is 12.5. The van der Waals surface area contributed by atoms with Crippen LogP contribution in [0.2, 0.25) is 0 Å². The van der Waals surface area contributed by atoms with Crippen molar-refractivity contribution in [3.8, 4) is 0 Å². The summed E-state index contributed by atoms with van der Waals surface area (Å²) in [4.78, 5) is 37.3. The van der Waals surface area contributed by atoms with E-state index in [0.29, 0.717) is 12.3 Å². The van der Waals surface area contributed by atoms with E-state index in [2.05, 4.69) is 5.32 Å². The summed E-state index contributed by atoms with van der Waals surface area (Å²) in [6, 6.07) is 3.61. The number of nitrogens with one attached hydrogen (secondary N) is 1. The normalized spacial score (nSPS) is 19.6. The number of rotatable bonds is 7. The summed E-state index contributed by atoms with van der Waals surface area (Å²) in [5, 5.41) is 14.7. The molecule has 0 radical (unpaired) electrons. The number of aromatic carboxylic acids is 1. The fourth-order valence-corrected chi connectivity index (χ4v) is 6.48. The van der Waals surface area contributed by atoms with Crippen LogP contribution in [0.5, 0.6) is 0 Å². The number of fused-ring (bicyclic) bond motifs is 1. The maximum absolute atomic E-state index is 12.5. The van der Waals surface area contributed by atoms with Crippen molar-refractivity contribution in [2.75, 3.05) is 5.75 Å². The van der Waals surface area contributed by atoms with Crippen LogP contribution < -0.4 is 44.5 Å².